The van der Waals surface area contributed by atoms with Crippen LogP contribution in [0.5, 0.6) is 11.5 Å². The lowest BCUT2D eigenvalue weighted by atomic mass is 10.1. The van der Waals surface area contributed by atoms with Gasteiger partial charge in [-0.25, -0.2) is 0 Å². The second kappa shape index (κ2) is 8.81. The monoisotopic (exact) mass is 359 g/mol. The summed E-state index contributed by atoms with van der Waals surface area (Å²) in [6.45, 7) is 6.10. The first-order valence-corrected chi connectivity index (χ1v) is 9.14. The van der Waals surface area contributed by atoms with Gasteiger partial charge in [-0.2, -0.15) is 0 Å². The molecule has 1 N–H and O–H groups in total. The first-order valence-electron chi connectivity index (χ1n) is 8.16. The van der Waals surface area contributed by atoms with Crippen molar-refractivity contribution in [3.05, 3.63) is 53.1 Å². The normalized spacial score (nSPS) is 11.7. The van der Waals surface area contributed by atoms with Gasteiger partial charge in [-0.05, 0) is 62.2 Å². The molecule has 1 atom stereocenters. The molecule has 0 aliphatic rings. The van der Waals surface area contributed by atoms with E-state index in [0.29, 0.717) is 5.75 Å². The molecule has 2 aromatic rings. The lowest BCUT2D eigenvalue weighted by Gasteiger charge is -2.18. The van der Waals surface area contributed by atoms with Crippen molar-refractivity contribution in [1.29, 1.82) is 0 Å². The van der Waals surface area contributed by atoms with Crippen LogP contribution in [0.15, 0.2) is 41.3 Å². The Kier molecular flexibility index (Phi) is 6.76. The van der Waals surface area contributed by atoms with Crippen LogP contribution < -0.4 is 14.8 Å². The molecule has 4 nitrogen and oxygen atoms in total. The summed E-state index contributed by atoms with van der Waals surface area (Å²) in [6, 6.07) is 11.7. The minimum absolute atomic E-state index is 0.0133. The number of carbonyl (C=O) groups excluding carboxylic acids is 1. The van der Waals surface area contributed by atoms with E-state index in [0.717, 1.165) is 22.0 Å². The van der Waals surface area contributed by atoms with Gasteiger partial charge in [0, 0.05) is 10.5 Å². The van der Waals surface area contributed by atoms with Crippen LogP contribution in [0.3, 0.4) is 0 Å². The fraction of sp³-hybridized carbons (Fsp3) is 0.350. The summed E-state index contributed by atoms with van der Waals surface area (Å²) in [5.74, 6) is 1.83. The average molecular weight is 359 g/mol. The minimum atomic E-state index is -0.169. The van der Waals surface area contributed by atoms with Crippen molar-refractivity contribution < 1.29 is 14.3 Å². The molecular formula is C20H25NO3S. The molecule has 0 bridgehead atoms. The smallest absolute Gasteiger partial charge is 0.230 e. The zero-order valence-corrected chi connectivity index (χ0v) is 16.2. The molecule has 0 aromatic heterocycles. The highest BCUT2D eigenvalue weighted by molar-refractivity contribution is 8.00. The van der Waals surface area contributed by atoms with E-state index in [1.165, 1.54) is 22.9 Å². The topological polar surface area (TPSA) is 47.6 Å². The number of carbonyl (C=O) groups is 1. The molecule has 0 radical (unpaired) electrons. The second-order valence-corrected chi connectivity index (χ2v) is 6.98. The molecule has 134 valence electrons. The maximum Gasteiger partial charge on any atom is 0.230 e. The second-order valence-electron chi connectivity index (χ2n) is 5.93. The van der Waals surface area contributed by atoms with Gasteiger partial charge in [0.2, 0.25) is 5.91 Å². The van der Waals surface area contributed by atoms with E-state index >= 15 is 0 Å². The van der Waals surface area contributed by atoms with Crippen LogP contribution in [0.4, 0.5) is 0 Å². The van der Waals surface area contributed by atoms with Crippen LogP contribution >= 0.6 is 11.8 Å². The zero-order chi connectivity index (χ0) is 18.4. The maximum atomic E-state index is 12.3. The van der Waals surface area contributed by atoms with Crippen molar-refractivity contribution in [2.24, 2.45) is 0 Å². The fourth-order valence-electron chi connectivity index (χ4n) is 2.49. The summed E-state index contributed by atoms with van der Waals surface area (Å²) in [7, 11) is 3.24. The molecule has 0 saturated carbocycles. The minimum Gasteiger partial charge on any atom is -0.497 e. The molecular weight excluding hydrogens is 334 g/mol. The van der Waals surface area contributed by atoms with Crippen molar-refractivity contribution in [2.75, 3.05) is 20.0 Å². The highest BCUT2D eigenvalue weighted by Gasteiger charge is 2.15. The molecule has 2 aromatic carbocycles. The lowest BCUT2D eigenvalue weighted by molar-refractivity contribution is -0.119. The standard InChI is InChI=1S/C20H25NO3S/c1-13-6-8-17(10-14(13)2)25-12-20(22)21-15(3)18-11-16(23-4)7-9-19(18)24-5/h6-11,15H,12H2,1-5H3,(H,21,22)/t15-/m0/s1. The number of nitrogens with one attached hydrogen (secondary N) is 1. The Balaban J connectivity index is 1.99. The summed E-state index contributed by atoms with van der Waals surface area (Å²) in [6.07, 6.45) is 0. The van der Waals surface area contributed by atoms with Gasteiger partial charge in [0.15, 0.2) is 0 Å². The van der Waals surface area contributed by atoms with E-state index in [1.54, 1.807) is 14.2 Å². The summed E-state index contributed by atoms with van der Waals surface area (Å²) in [5.41, 5.74) is 3.39. The van der Waals surface area contributed by atoms with Crippen molar-refractivity contribution in [3.8, 4) is 11.5 Å². The van der Waals surface area contributed by atoms with E-state index in [1.807, 2.05) is 25.1 Å². The Bertz CT molecular complexity index is 746. The van der Waals surface area contributed by atoms with E-state index in [9.17, 15) is 4.79 Å². The van der Waals surface area contributed by atoms with Gasteiger partial charge in [0.05, 0.1) is 26.0 Å². The van der Waals surface area contributed by atoms with E-state index in [2.05, 4.69) is 37.4 Å². The predicted octanol–water partition coefficient (Wildman–Crippen LogP) is 4.29. The van der Waals surface area contributed by atoms with Crippen molar-refractivity contribution in [1.82, 2.24) is 5.32 Å². The van der Waals surface area contributed by atoms with Crippen LogP contribution in [-0.2, 0) is 4.79 Å². The third kappa shape index (κ3) is 5.16. The van der Waals surface area contributed by atoms with E-state index in [-0.39, 0.29) is 11.9 Å². The molecule has 0 saturated heterocycles. The molecule has 0 heterocycles. The maximum absolute atomic E-state index is 12.3. The Morgan fingerprint density at radius 2 is 1.84 bits per heavy atom. The number of amides is 1. The number of hydrogen-bond donors (Lipinski definition) is 1. The van der Waals surface area contributed by atoms with Crippen molar-refractivity contribution in [3.63, 3.8) is 0 Å². The van der Waals surface area contributed by atoms with E-state index in [4.69, 9.17) is 9.47 Å². The fourth-order valence-corrected chi connectivity index (χ4v) is 3.30. The quantitative estimate of drug-likeness (QED) is 0.749. The predicted molar refractivity (Wildman–Crippen MR) is 103 cm³/mol. The highest BCUT2D eigenvalue weighted by atomic mass is 32.2. The van der Waals surface area contributed by atoms with Crippen LogP contribution in [0.2, 0.25) is 0 Å². The molecule has 0 unspecified atom stereocenters. The number of benzene rings is 2. The molecule has 2 rings (SSSR count). The van der Waals surface area contributed by atoms with Gasteiger partial charge in [0.25, 0.3) is 0 Å². The number of methoxy groups -OCH3 is 2. The van der Waals surface area contributed by atoms with Crippen LogP contribution in [0, 0.1) is 13.8 Å². The lowest BCUT2D eigenvalue weighted by Crippen LogP contribution is -2.28. The summed E-state index contributed by atoms with van der Waals surface area (Å²) < 4.78 is 10.7. The SMILES string of the molecule is COc1ccc(OC)c([C@H](C)NC(=O)CSc2ccc(C)c(C)c2)c1. The molecule has 5 heteroatoms. The van der Waals surface area contributed by atoms with Crippen LogP contribution in [0.1, 0.15) is 29.7 Å². The molecule has 0 aliphatic carbocycles. The molecule has 0 aliphatic heterocycles. The summed E-state index contributed by atoms with van der Waals surface area (Å²) in [4.78, 5) is 13.4. The third-order valence-corrected chi connectivity index (χ3v) is 5.12. The third-order valence-electron chi connectivity index (χ3n) is 4.13. The van der Waals surface area contributed by atoms with Gasteiger partial charge in [-0.15, -0.1) is 11.8 Å². The van der Waals surface area contributed by atoms with Crippen LogP contribution in [0.25, 0.3) is 0 Å². The van der Waals surface area contributed by atoms with Gasteiger partial charge in [-0.3, -0.25) is 4.79 Å². The van der Waals surface area contributed by atoms with E-state index < -0.39 is 0 Å². The molecule has 0 fully saturated rings. The summed E-state index contributed by atoms with van der Waals surface area (Å²) >= 11 is 1.54. The van der Waals surface area contributed by atoms with Crippen LogP contribution in [-0.4, -0.2) is 25.9 Å². The van der Waals surface area contributed by atoms with Gasteiger partial charge in [0.1, 0.15) is 11.5 Å². The number of ether oxygens (including phenoxy) is 2. The largest absolute Gasteiger partial charge is 0.497 e. The average Bonchev–Trinajstić information content (AvgIpc) is 2.62. The van der Waals surface area contributed by atoms with Gasteiger partial charge < -0.3 is 14.8 Å². The summed E-state index contributed by atoms with van der Waals surface area (Å²) in [5, 5.41) is 3.02. The number of hydrogen-bond acceptors (Lipinski definition) is 4. The van der Waals surface area contributed by atoms with Crippen molar-refractivity contribution >= 4 is 17.7 Å². The number of thioether (sulfide) groups is 1. The zero-order valence-electron chi connectivity index (χ0n) is 15.4. The number of aryl methyl sites for hydroxylation is 2. The molecule has 25 heavy (non-hydrogen) atoms. The Morgan fingerprint density at radius 1 is 1.08 bits per heavy atom. The molecule has 0 spiro atoms. The first kappa shape index (κ1) is 19.2. The first-order chi connectivity index (χ1) is 11.9. The molecule has 1 amide bonds. The highest BCUT2D eigenvalue weighted by Crippen LogP contribution is 2.29. The van der Waals surface area contributed by atoms with Gasteiger partial charge >= 0.3 is 0 Å². The number of rotatable bonds is 7. The Labute approximate surface area is 153 Å². The van der Waals surface area contributed by atoms with Gasteiger partial charge in [-0.1, -0.05) is 6.07 Å². The van der Waals surface area contributed by atoms with Crippen molar-refractivity contribution in [2.45, 2.75) is 31.7 Å². The Hall–Kier alpha value is -2.14. The Morgan fingerprint density at radius 3 is 2.48 bits per heavy atom.